The molecule has 3 nitrogen and oxygen atoms in total. The third kappa shape index (κ3) is 3.50. The summed E-state index contributed by atoms with van der Waals surface area (Å²) in [6, 6.07) is 5.82. The second kappa shape index (κ2) is 5.93. The van der Waals surface area contributed by atoms with E-state index in [1.165, 1.54) is 0 Å². The third-order valence-corrected chi connectivity index (χ3v) is 3.84. The summed E-state index contributed by atoms with van der Waals surface area (Å²) in [4.78, 5) is 8.47. The number of pyridine rings is 2. The molecule has 0 aliphatic heterocycles. The van der Waals surface area contributed by atoms with E-state index in [1.807, 2.05) is 18.2 Å². The van der Waals surface area contributed by atoms with Crippen LogP contribution in [0.3, 0.4) is 0 Å². The number of anilines is 1. The summed E-state index contributed by atoms with van der Waals surface area (Å²) in [6.45, 7) is 0.637. The lowest BCUT2D eigenvalue weighted by molar-refractivity contribution is 1.02. The second-order valence-corrected chi connectivity index (χ2v) is 5.80. The smallest absolute Gasteiger partial charge is 0.129 e. The van der Waals surface area contributed by atoms with E-state index >= 15 is 0 Å². The lowest BCUT2D eigenvalue weighted by Gasteiger charge is -2.08. The molecule has 2 rings (SSSR count). The van der Waals surface area contributed by atoms with Crippen molar-refractivity contribution >= 4 is 53.5 Å². The van der Waals surface area contributed by atoms with Crippen LogP contribution in [0.5, 0.6) is 0 Å². The maximum absolute atomic E-state index is 4.33. The maximum atomic E-state index is 4.33. The van der Waals surface area contributed by atoms with Crippen LogP contribution in [0.25, 0.3) is 0 Å². The Morgan fingerprint density at radius 2 is 2.00 bits per heavy atom. The van der Waals surface area contributed by atoms with Crippen molar-refractivity contribution in [1.29, 1.82) is 0 Å². The summed E-state index contributed by atoms with van der Waals surface area (Å²) >= 11 is 10.2. The van der Waals surface area contributed by atoms with E-state index in [1.54, 1.807) is 12.4 Å². The van der Waals surface area contributed by atoms with Crippen molar-refractivity contribution in [2.75, 3.05) is 5.32 Å². The summed E-state index contributed by atoms with van der Waals surface area (Å²) in [6.07, 6.45) is 3.52. The molecule has 0 aliphatic carbocycles. The van der Waals surface area contributed by atoms with Gasteiger partial charge in [0.2, 0.25) is 0 Å². The first kappa shape index (κ1) is 13.0. The largest absolute Gasteiger partial charge is 0.377 e. The molecule has 0 amide bonds. The summed E-state index contributed by atoms with van der Waals surface area (Å²) in [7, 11) is 0. The minimum Gasteiger partial charge on any atom is -0.377 e. The Hall–Kier alpha value is -0.460. The first-order valence-electron chi connectivity index (χ1n) is 4.81. The number of hydrogen-bond donors (Lipinski definition) is 1. The SMILES string of the molecule is Brc1cnc(CNc2cccnc2Br)c(Br)c1. The molecule has 1 N–H and O–H groups in total. The average molecular weight is 422 g/mol. The molecule has 0 radical (unpaired) electrons. The zero-order valence-corrected chi connectivity index (χ0v) is 13.4. The number of nitrogens with zero attached hydrogens (tertiary/aromatic N) is 2. The molecule has 0 aromatic carbocycles. The number of rotatable bonds is 3. The molecule has 0 atom stereocenters. The van der Waals surface area contributed by atoms with Crippen LogP contribution in [0.2, 0.25) is 0 Å². The Labute approximate surface area is 124 Å². The number of halogens is 3. The predicted molar refractivity (Wildman–Crippen MR) is 78.9 cm³/mol. The summed E-state index contributed by atoms with van der Waals surface area (Å²) < 4.78 is 2.73. The first-order chi connectivity index (χ1) is 8.16. The Morgan fingerprint density at radius 1 is 1.18 bits per heavy atom. The summed E-state index contributed by atoms with van der Waals surface area (Å²) in [5.74, 6) is 0. The normalized spacial score (nSPS) is 10.3. The number of nitrogens with one attached hydrogen (secondary N) is 1. The molecule has 0 aliphatic rings. The molecular formula is C11H8Br3N3. The van der Waals surface area contributed by atoms with Crippen molar-refractivity contribution in [2.45, 2.75) is 6.54 Å². The molecule has 0 spiro atoms. The van der Waals surface area contributed by atoms with Crippen LogP contribution in [0.4, 0.5) is 5.69 Å². The highest BCUT2D eigenvalue weighted by Crippen LogP contribution is 2.22. The highest BCUT2D eigenvalue weighted by molar-refractivity contribution is 9.11. The molecule has 0 bridgehead atoms. The molecule has 0 unspecified atom stereocenters. The van der Waals surface area contributed by atoms with Gasteiger partial charge in [0.1, 0.15) is 4.60 Å². The van der Waals surface area contributed by atoms with Crippen LogP contribution >= 0.6 is 47.8 Å². The first-order valence-corrected chi connectivity index (χ1v) is 7.19. The molecule has 2 aromatic heterocycles. The van der Waals surface area contributed by atoms with Crippen LogP contribution in [0.1, 0.15) is 5.69 Å². The van der Waals surface area contributed by atoms with Gasteiger partial charge in [0, 0.05) is 21.3 Å². The lowest BCUT2D eigenvalue weighted by Crippen LogP contribution is -2.03. The van der Waals surface area contributed by atoms with E-state index in [0.29, 0.717) is 6.54 Å². The van der Waals surface area contributed by atoms with Crippen molar-refractivity contribution in [3.05, 3.63) is 49.8 Å². The fourth-order valence-corrected chi connectivity index (χ4v) is 2.79. The highest BCUT2D eigenvalue weighted by atomic mass is 79.9. The minimum atomic E-state index is 0.637. The zero-order valence-electron chi connectivity index (χ0n) is 8.62. The Bertz CT molecular complexity index is 531. The van der Waals surface area contributed by atoms with E-state index in [4.69, 9.17) is 0 Å². The van der Waals surface area contributed by atoms with Crippen molar-refractivity contribution in [2.24, 2.45) is 0 Å². The van der Waals surface area contributed by atoms with Crippen LogP contribution in [-0.4, -0.2) is 9.97 Å². The van der Waals surface area contributed by atoms with Gasteiger partial charge in [-0.15, -0.1) is 0 Å². The van der Waals surface area contributed by atoms with Crippen LogP contribution in [0.15, 0.2) is 44.1 Å². The Kier molecular flexibility index (Phi) is 4.53. The van der Waals surface area contributed by atoms with E-state index in [9.17, 15) is 0 Å². The van der Waals surface area contributed by atoms with E-state index in [2.05, 4.69) is 63.1 Å². The van der Waals surface area contributed by atoms with Gasteiger partial charge in [-0.3, -0.25) is 4.98 Å². The van der Waals surface area contributed by atoms with Gasteiger partial charge in [-0.05, 0) is 66.0 Å². The van der Waals surface area contributed by atoms with Gasteiger partial charge in [0.25, 0.3) is 0 Å². The fourth-order valence-electron chi connectivity index (χ4n) is 1.27. The standard InChI is InChI=1S/C11H8Br3N3/c12-7-4-8(13)10(16-5-7)6-17-9-2-1-3-15-11(9)14/h1-5,17H,6H2. The van der Waals surface area contributed by atoms with Crippen LogP contribution in [0, 0.1) is 0 Å². The van der Waals surface area contributed by atoms with Gasteiger partial charge < -0.3 is 5.32 Å². The van der Waals surface area contributed by atoms with Crippen molar-refractivity contribution in [3.8, 4) is 0 Å². The average Bonchev–Trinajstić information content (AvgIpc) is 2.30. The zero-order chi connectivity index (χ0) is 12.3. The van der Waals surface area contributed by atoms with Crippen molar-refractivity contribution in [3.63, 3.8) is 0 Å². The van der Waals surface area contributed by atoms with E-state index < -0.39 is 0 Å². The van der Waals surface area contributed by atoms with E-state index in [-0.39, 0.29) is 0 Å². The molecule has 17 heavy (non-hydrogen) atoms. The molecule has 0 saturated carbocycles. The Morgan fingerprint density at radius 3 is 2.71 bits per heavy atom. The predicted octanol–water partition coefficient (Wildman–Crippen LogP) is 4.38. The van der Waals surface area contributed by atoms with Gasteiger partial charge in [-0.1, -0.05) is 0 Å². The van der Waals surface area contributed by atoms with Gasteiger partial charge in [-0.2, -0.15) is 0 Å². The Balaban J connectivity index is 2.10. The third-order valence-electron chi connectivity index (χ3n) is 2.09. The topological polar surface area (TPSA) is 37.8 Å². The summed E-state index contributed by atoms with van der Waals surface area (Å²) in [5.41, 5.74) is 1.90. The van der Waals surface area contributed by atoms with E-state index in [0.717, 1.165) is 24.9 Å². The molecule has 0 saturated heterocycles. The molecule has 6 heteroatoms. The van der Waals surface area contributed by atoms with Gasteiger partial charge in [0.15, 0.2) is 0 Å². The lowest BCUT2D eigenvalue weighted by atomic mass is 10.3. The van der Waals surface area contributed by atoms with Crippen LogP contribution < -0.4 is 5.32 Å². The number of hydrogen-bond acceptors (Lipinski definition) is 3. The molecule has 88 valence electrons. The maximum Gasteiger partial charge on any atom is 0.129 e. The monoisotopic (exact) mass is 419 g/mol. The molecule has 2 aromatic rings. The fraction of sp³-hybridized carbons (Fsp3) is 0.0909. The molecule has 2 heterocycles. The second-order valence-electron chi connectivity index (χ2n) is 3.28. The molecular weight excluding hydrogens is 414 g/mol. The van der Waals surface area contributed by atoms with Crippen molar-refractivity contribution < 1.29 is 0 Å². The van der Waals surface area contributed by atoms with Crippen LogP contribution in [-0.2, 0) is 6.54 Å². The minimum absolute atomic E-state index is 0.637. The summed E-state index contributed by atoms with van der Waals surface area (Å²) in [5, 5.41) is 3.27. The quantitative estimate of drug-likeness (QED) is 0.747. The number of aromatic nitrogens is 2. The van der Waals surface area contributed by atoms with Gasteiger partial charge in [-0.25, -0.2) is 4.98 Å². The molecule has 0 fully saturated rings. The van der Waals surface area contributed by atoms with Gasteiger partial charge >= 0.3 is 0 Å². The highest BCUT2D eigenvalue weighted by Gasteiger charge is 2.04. The van der Waals surface area contributed by atoms with Gasteiger partial charge in [0.05, 0.1) is 17.9 Å². The van der Waals surface area contributed by atoms with Crippen molar-refractivity contribution in [1.82, 2.24) is 9.97 Å².